The molecule has 1 aromatic heterocycles. The SMILES string of the molecule is Brc1ccc2c(c1)C1(c3cc(Br)ccc3C=C2)c2ccccc2Oc2c1ccc1c2oc2ccccc21. The molecule has 37 heavy (non-hydrogen) atoms. The highest BCUT2D eigenvalue weighted by atomic mass is 79.9. The van der Waals surface area contributed by atoms with Crippen LogP contribution in [-0.4, -0.2) is 0 Å². The Balaban J connectivity index is 1.62. The Kier molecular flexibility index (Phi) is 4.47. The van der Waals surface area contributed by atoms with Crippen LogP contribution in [0.3, 0.4) is 0 Å². The smallest absolute Gasteiger partial charge is 0.178 e. The Morgan fingerprint density at radius 2 is 1.24 bits per heavy atom. The fraction of sp³-hybridized carbons (Fsp3) is 0.0303. The van der Waals surface area contributed by atoms with Gasteiger partial charge in [-0.2, -0.15) is 0 Å². The van der Waals surface area contributed by atoms with E-state index in [1.165, 1.54) is 22.3 Å². The summed E-state index contributed by atoms with van der Waals surface area (Å²) in [6.07, 6.45) is 4.45. The lowest BCUT2D eigenvalue weighted by Gasteiger charge is -2.42. The van der Waals surface area contributed by atoms with Gasteiger partial charge in [0.15, 0.2) is 11.3 Å². The summed E-state index contributed by atoms with van der Waals surface area (Å²) in [5, 5.41) is 2.14. The number of para-hydroxylation sites is 2. The topological polar surface area (TPSA) is 22.4 Å². The molecule has 0 atom stereocenters. The predicted octanol–water partition coefficient (Wildman–Crippen LogP) is 10.1. The number of halogens is 2. The van der Waals surface area contributed by atoms with Gasteiger partial charge in [0.1, 0.15) is 11.3 Å². The van der Waals surface area contributed by atoms with E-state index >= 15 is 0 Å². The number of furan rings is 1. The summed E-state index contributed by atoms with van der Waals surface area (Å²) in [6.45, 7) is 0. The van der Waals surface area contributed by atoms with Crippen LogP contribution in [0.2, 0.25) is 0 Å². The third kappa shape index (κ3) is 2.86. The molecule has 1 spiro atoms. The number of ether oxygens (including phenoxy) is 1. The van der Waals surface area contributed by atoms with Gasteiger partial charge < -0.3 is 9.15 Å². The summed E-state index contributed by atoms with van der Waals surface area (Å²) in [6, 6.07) is 34.1. The van der Waals surface area contributed by atoms with Gasteiger partial charge in [-0.1, -0.05) is 98.6 Å². The van der Waals surface area contributed by atoms with Crippen molar-refractivity contribution in [3.8, 4) is 11.5 Å². The van der Waals surface area contributed by atoms with Gasteiger partial charge in [0.05, 0.1) is 5.41 Å². The van der Waals surface area contributed by atoms with E-state index in [1.807, 2.05) is 24.3 Å². The molecular formula is C33H18Br2O2. The second kappa shape index (κ2) is 7.70. The van der Waals surface area contributed by atoms with Gasteiger partial charge in [0.2, 0.25) is 0 Å². The molecule has 8 rings (SSSR count). The number of rotatable bonds is 0. The Morgan fingerprint density at radius 1 is 0.568 bits per heavy atom. The van der Waals surface area contributed by atoms with E-state index in [0.29, 0.717) is 0 Å². The second-order valence-electron chi connectivity index (χ2n) is 9.56. The molecule has 0 radical (unpaired) electrons. The normalized spacial score (nSPS) is 14.5. The molecule has 0 N–H and O–H groups in total. The minimum atomic E-state index is -0.626. The average molecular weight is 606 g/mol. The first kappa shape index (κ1) is 21.5. The first-order valence-corrected chi connectivity index (χ1v) is 13.7. The molecule has 2 heterocycles. The van der Waals surface area contributed by atoms with Crippen molar-refractivity contribution in [3.05, 3.63) is 139 Å². The third-order valence-electron chi connectivity index (χ3n) is 7.69. The zero-order valence-electron chi connectivity index (χ0n) is 19.5. The van der Waals surface area contributed by atoms with Gasteiger partial charge in [-0.15, -0.1) is 0 Å². The molecule has 5 aromatic carbocycles. The van der Waals surface area contributed by atoms with Crippen LogP contribution in [0.25, 0.3) is 34.1 Å². The van der Waals surface area contributed by atoms with Crippen molar-refractivity contribution in [1.82, 2.24) is 0 Å². The van der Waals surface area contributed by atoms with Crippen molar-refractivity contribution in [1.29, 1.82) is 0 Å². The lowest BCUT2D eigenvalue weighted by atomic mass is 9.62. The molecule has 0 fully saturated rings. The molecule has 2 nitrogen and oxygen atoms in total. The summed E-state index contributed by atoms with van der Waals surface area (Å²) in [5.41, 5.74) is 7.92. The van der Waals surface area contributed by atoms with E-state index in [1.54, 1.807) is 0 Å². The van der Waals surface area contributed by atoms with Crippen LogP contribution in [0.5, 0.6) is 11.5 Å². The van der Waals surface area contributed by atoms with Crippen molar-refractivity contribution < 1.29 is 9.15 Å². The van der Waals surface area contributed by atoms with Crippen molar-refractivity contribution in [3.63, 3.8) is 0 Å². The molecule has 0 saturated carbocycles. The van der Waals surface area contributed by atoms with Gasteiger partial charge in [-0.05, 0) is 64.7 Å². The Morgan fingerprint density at radius 3 is 2.00 bits per heavy atom. The van der Waals surface area contributed by atoms with Crippen LogP contribution in [0.15, 0.2) is 110 Å². The van der Waals surface area contributed by atoms with E-state index in [9.17, 15) is 0 Å². The maximum Gasteiger partial charge on any atom is 0.178 e. The lowest BCUT2D eigenvalue weighted by molar-refractivity contribution is 0.431. The minimum absolute atomic E-state index is 0.626. The minimum Gasteiger partial charge on any atom is -0.453 e. The van der Waals surface area contributed by atoms with Crippen LogP contribution >= 0.6 is 31.9 Å². The molecule has 4 heteroatoms. The maximum absolute atomic E-state index is 6.74. The molecule has 0 saturated heterocycles. The Hall–Kier alpha value is -3.60. The zero-order valence-corrected chi connectivity index (χ0v) is 22.6. The van der Waals surface area contributed by atoms with Gasteiger partial charge in [-0.3, -0.25) is 0 Å². The van der Waals surface area contributed by atoms with Gasteiger partial charge in [-0.25, -0.2) is 0 Å². The van der Waals surface area contributed by atoms with Gasteiger partial charge in [0.25, 0.3) is 0 Å². The number of fused-ring (bicyclic) bond motifs is 12. The molecule has 6 aromatic rings. The van der Waals surface area contributed by atoms with E-state index in [-0.39, 0.29) is 0 Å². The van der Waals surface area contributed by atoms with Crippen molar-refractivity contribution in [2.45, 2.75) is 5.41 Å². The summed E-state index contributed by atoms with van der Waals surface area (Å²) < 4.78 is 15.3. The number of benzene rings is 5. The highest BCUT2D eigenvalue weighted by Gasteiger charge is 2.49. The first-order valence-electron chi connectivity index (χ1n) is 12.1. The fourth-order valence-corrected chi connectivity index (χ4v) is 6.91. The predicted molar refractivity (Wildman–Crippen MR) is 156 cm³/mol. The first-order chi connectivity index (χ1) is 18.1. The van der Waals surface area contributed by atoms with Crippen LogP contribution < -0.4 is 4.74 Å². The standard InChI is InChI=1S/C33H18Br2O2/c34-21-13-11-19-9-10-20-12-14-22(35)18-28(20)33(27(19)17-21)25-6-2-4-8-30(25)37-32-26(33)16-15-24-23-5-1-3-7-29(23)36-31(24)32/h1-18H. The number of hydrogen-bond donors (Lipinski definition) is 0. The summed E-state index contributed by atoms with van der Waals surface area (Å²) in [5.74, 6) is 1.60. The van der Waals surface area contributed by atoms with Gasteiger partial charge >= 0.3 is 0 Å². The Labute approximate surface area is 230 Å². The zero-order chi connectivity index (χ0) is 24.7. The maximum atomic E-state index is 6.74. The Bertz CT molecular complexity index is 1890. The quantitative estimate of drug-likeness (QED) is 0.172. The monoisotopic (exact) mass is 604 g/mol. The van der Waals surface area contributed by atoms with Crippen molar-refractivity contribution >= 4 is 66.0 Å². The van der Waals surface area contributed by atoms with Crippen LogP contribution in [0, 0.1) is 0 Å². The van der Waals surface area contributed by atoms with E-state index < -0.39 is 5.41 Å². The lowest BCUT2D eigenvalue weighted by Crippen LogP contribution is -2.35. The molecule has 1 aliphatic carbocycles. The molecule has 176 valence electrons. The van der Waals surface area contributed by atoms with E-state index in [0.717, 1.165) is 53.5 Å². The van der Waals surface area contributed by atoms with Crippen molar-refractivity contribution in [2.75, 3.05) is 0 Å². The number of hydrogen-bond acceptors (Lipinski definition) is 2. The van der Waals surface area contributed by atoms with Gasteiger partial charge in [0, 0.05) is 30.8 Å². The summed E-state index contributed by atoms with van der Waals surface area (Å²) >= 11 is 7.56. The van der Waals surface area contributed by atoms with Crippen LogP contribution in [-0.2, 0) is 5.41 Å². The van der Waals surface area contributed by atoms with E-state index in [4.69, 9.17) is 9.15 Å². The van der Waals surface area contributed by atoms with Crippen LogP contribution in [0.4, 0.5) is 0 Å². The van der Waals surface area contributed by atoms with E-state index in [2.05, 4.69) is 117 Å². The molecule has 2 aliphatic rings. The fourth-order valence-electron chi connectivity index (χ4n) is 6.18. The molecule has 1 aliphatic heterocycles. The third-order valence-corrected chi connectivity index (χ3v) is 8.68. The second-order valence-corrected chi connectivity index (χ2v) is 11.4. The molecule has 0 bridgehead atoms. The highest BCUT2D eigenvalue weighted by Crippen LogP contribution is 2.59. The molecule has 0 unspecified atom stereocenters. The largest absolute Gasteiger partial charge is 0.453 e. The molecular weight excluding hydrogens is 588 g/mol. The summed E-state index contributed by atoms with van der Waals surface area (Å²) in [4.78, 5) is 0. The highest BCUT2D eigenvalue weighted by molar-refractivity contribution is 9.10. The van der Waals surface area contributed by atoms with Crippen LogP contribution in [0.1, 0.15) is 33.4 Å². The summed E-state index contributed by atoms with van der Waals surface area (Å²) in [7, 11) is 0. The molecule has 0 amide bonds. The van der Waals surface area contributed by atoms with Crippen molar-refractivity contribution in [2.24, 2.45) is 0 Å². The average Bonchev–Trinajstić information content (AvgIpc) is 3.25.